The molecule has 0 saturated carbocycles. The normalized spacial score (nSPS) is 6.50. The average Bonchev–Trinajstić information content (AvgIpc) is 2.33. The highest BCUT2D eigenvalue weighted by Gasteiger charge is 2.17. The molecule has 0 radical (unpaired) electrons. The fourth-order valence-corrected chi connectivity index (χ4v) is 0.805. The fourth-order valence-electron chi connectivity index (χ4n) is 0.805. The lowest BCUT2D eigenvalue weighted by atomic mass is 9.96. The standard InChI is InChI=1S/C10H2N6/c11-1-7(2-12)10(8(3-13)4-14)9(5-15)6-16/h11,13H. The van der Waals surface area contributed by atoms with Crippen molar-refractivity contribution in [1.29, 1.82) is 31.9 Å². The first-order valence-corrected chi connectivity index (χ1v) is 3.64. The summed E-state index contributed by atoms with van der Waals surface area (Å²) in [6.07, 6.45) is 0. The first-order valence-electron chi connectivity index (χ1n) is 3.64. The lowest BCUT2D eigenvalue weighted by Gasteiger charge is -1.98. The minimum atomic E-state index is -0.535. The molecule has 0 aromatic carbocycles. The predicted octanol–water partition coefficient (Wildman–Crippen LogP) is 0.727. The van der Waals surface area contributed by atoms with Gasteiger partial charge in [0.1, 0.15) is 41.0 Å². The molecule has 0 aliphatic rings. The van der Waals surface area contributed by atoms with Crippen LogP contribution >= 0.6 is 0 Å². The van der Waals surface area contributed by atoms with Crippen LogP contribution in [-0.4, -0.2) is 11.7 Å². The van der Waals surface area contributed by atoms with Gasteiger partial charge in [-0.1, -0.05) is 0 Å². The molecule has 0 saturated heterocycles. The number of nitrogens with zero attached hydrogens (tertiary/aromatic N) is 4. The monoisotopic (exact) mass is 206 g/mol. The molecule has 0 atom stereocenters. The van der Waals surface area contributed by atoms with E-state index in [4.69, 9.17) is 31.9 Å². The van der Waals surface area contributed by atoms with E-state index in [0.29, 0.717) is 0 Å². The highest BCUT2D eigenvalue weighted by Crippen LogP contribution is 2.18. The van der Waals surface area contributed by atoms with Crippen LogP contribution in [0.3, 0.4) is 0 Å². The Bertz CT molecular complexity index is 556. The number of nitriles is 4. The molecule has 0 bridgehead atoms. The Morgan fingerprint density at radius 1 is 0.688 bits per heavy atom. The zero-order chi connectivity index (χ0) is 12.6. The molecule has 0 heterocycles. The molecule has 0 aromatic rings. The van der Waals surface area contributed by atoms with Crippen molar-refractivity contribution >= 4 is 11.7 Å². The molecule has 0 aliphatic heterocycles. The summed E-state index contributed by atoms with van der Waals surface area (Å²) in [5.41, 5.74) is -1.85. The summed E-state index contributed by atoms with van der Waals surface area (Å²) in [6, 6.07) is 5.98. The van der Waals surface area contributed by atoms with Crippen molar-refractivity contribution in [3.05, 3.63) is 22.3 Å². The lowest BCUT2D eigenvalue weighted by Crippen LogP contribution is -1.97. The van der Waals surface area contributed by atoms with Crippen LogP contribution in [0.4, 0.5) is 0 Å². The minimum absolute atomic E-state index is 0.389. The number of hydrogen-bond donors (Lipinski definition) is 2. The second kappa shape index (κ2) is 6.11. The zero-order valence-corrected chi connectivity index (χ0v) is 7.79. The number of allylic oxidation sites excluding steroid dienone is 4. The summed E-state index contributed by atoms with van der Waals surface area (Å²) in [5, 5.41) is 48.1. The molecule has 0 aliphatic carbocycles. The maximum absolute atomic E-state index is 8.64. The van der Waals surface area contributed by atoms with E-state index >= 15 is 0 Å². The Labute approximate surface area is 90.9 Å². The maximum atomic E-state index is 8.64. The highest BCUT2D eigenvalue weighted by molar-refractivity contribution is 5.83. The van der Waals surface area contributed by atoms with Crippen LogP contribution in [0.1, 0.15) is 0 Å². The van der Waals surface area contributed by atoms with E-state index in [9.17, 15) is 0 Å². The number of hydrogen-bond acceptors (Lipinski definition) is 6. The van der Waals surface area contributed by atoms with Gasteiger partial charge in [0, 0.05) is 0 Å². The van der Waals surface area contributed by atoms with Crippen molar-refractivity contribution in [2.45, 2.75) is 0 Å². The van der Waals surface area contributed by atoms with Gasteiger partial charge >= 0.3 is 0 Å². The van der Waals surface area contributed by atoms with Gasteiger partial charge in [-0.3, -0.25) is 10.8 Å². The smallest absolute Gasteiger partial charge is 0.140 e. The van der Waals surface area contributed by atoms with E-state index < -0.39 is 16.7 Å². The van der Waals surface area contributed by atoms with Crippen LogP contribution in [0.2, 0.25) is 0 Å². The molecule has 2 N–H and O–H groups in total. The largest absolute Gasteiger partial charge is 0.258 e. The SMILES string of the molecule is N#CC(=C=N)C(C(=C=N)C#N)=C(C#N)C#N. The summed E-state index contributed by atoms with van der Waals surface area (Å²) < 4.78 is 0. The topological polar surface area (TPSA) is 143 Å². The Morgan fingerprint density at radius 2 is 1.06 bits per heavy atom. The van der Waals surface area contributed by atoms with Crippen LogP contribution in [0.25, 0.3) is 0 Å². The van der Waals surface area contributed by atoms with Crippen molar-refractivity contribution in [3.63, 3.8) is 0 Å². The molecule has 0 rings (SSSR count). The van der Waals surface area contributed by atoms with Gasteiger partial charge in [0.2, 0.25) is 0 Å². The Kier molecular flexibility index (Phi) is 4.82. The number of rotatable bonds is 2. The van der Waals surface area contributed by atoms with Crippen LogP contribution in [0, 0.1) is 56.1 Å². The first kappa shape index (κ1) is 12.6. The van der Waals surface area contributed by atoms with E-state index in [-0.39, 0.29) is 5.57 Å². The third-order valence-corrected chi connectivity index (χ3v) is 1.45. The molecule has 6 nitrogen and oxygen atoms in total. The molecule has 0 aromatic heterocycles. The van der Waals surface area contributed by atoms with Crippen molar-refractivity contribution in [2.75, 3.05) is 0 Å². The van der Waals surface area contributed by atoms with Crippen LogP contribution in [0.15, 0.2) is 22.3 Å². The summed E-state index contributed by atoms with van der Waals surface area (Å²) >= 11 is 0. The van der Waals surface area contributed by atoms with Gasteiger partial charge in [-0.15, -0.1) is 0 Å². The number of nitrogens with one attached hydrogen (secondary N) is 2. The summed E-state index contributed by atoms with van der Waals surface area (Å²) in [5.74, 6) is 3.40. The molecule has 0 spiro atoms. The lowest BCUT2D eigenvalue weighted by molar-refractivity contribution is 1.38. The van der Waals surface area contributed by atoms with Crippen molar-refractivity contribution in [1.82, 2.24) is 0 Å². The molecular formula is C10H2N6. The predicted molar refractivity (Wildman–Crippen MR) is 52.0 cm³/mol. The van der Waals surface area contributed by atoms with Crippen LogP contribution < -0.4 is 0 Å². The van der Waals surface area contributed by atoms with Gasteiger partial charge in [0.25, 0.3) is 0 Å². The third-order valence-electron chi connectivity index (χ3n) is 1.45. The Morgan fingerprint density at radius 3 is 1.25 bits per heavy atom. The minimum Gasteiger partial charge on any atom is -0.258 e. The molecule has 72 valence electrons. The molecule has 16 heavy (non-hydrogen) atoms. The van der Waals surface area contributed by atoms with E-state index in [0.717, 1.165) is 0 Å². The molecular weight excluding hydrogens is 204 g/mol. The zero-order valence-electron chi connectivity index (χ0n) is 7.79. The van der Waals surface area contributed by atoms with Crippen molar-refractivity contribution < 1.29 is 0 Å². The second-order valence-corrected chi connectivity index (χ2v) is 2.20. The summed E-state index contributed by atoms with van der Waals surface area (Å²) in [4.78, 5) is 0. The van der Waals surface area contributed by atoms with Gasteiger partial charge in [-0.2, -0.15) is 21.0 Å². The van der Waals surface area contributed by atoms with Crippen LogP contribution in [-0.2, 0) is 0 Å². The van der Waals surface area contributed by atoms with Gasteiger partial charge in [-0.25, -0.2) is 0 Å². The quantitative estimate of drug-likeness (QED) is 0.389. The van der Waals surface area contributed by atoms with Crippen molar-refractivity contribution in [3.8, 4) is 24.3 Å². The fraction of sp³-hybridized carbons (Fsp3) is 0. The highest BCUT2D eigenvalue weighted by atomic mass is 14.4. The van der Waals surface area contributed by atoms with Gasteiger partial charge in [0.15, 0.2) is 0 Å². The summed E-state index contributed by atoms with van der Waals surface area (Å²) in [6.45, 7) is 0. The van der Waals surface area contributed by atoms with Gasteiger partial charge in [0.05, 0.1) is 5.57 Å². The first-order chi connectivity index (χ1) is 7.69. The maximum Gasteiger partial charge on any atom is 0.140 e. The van der Waals surface area contributed by atoms with Crippen molar-refractivity contribution in [2.24, 2.45) is 0 Å². The molecule has 0 fully saturated rings. The molecule has 0 amide bonds. The van der Waals surface area contributed by atoms with Crippen LogP contribution in [0.5, 0.6) is 0 Å². The molecule has 0 unspecified atom stereocenters. The van der Waals surface area contributed by atoms with Gasteiger partial charge in [-0.05, 0) is 11.7 Å². The Balaban J connectivity index is 6.40. The van der Waals surface area contributed by atoms with Gasteiger partial charge < -0.3 is 0 Å². The second-order valence-electron chi connectivity index (χ2n) is 2.20. The van der Waals surface area contributed by atoms with E-state index in [1.165, 1.54) is 24.3 Å². The third kappa shape index (κ3) is 2.30. The average molecular weight is 206 g/mol. The molecule has 6 heteroatoms. The van der Waals surface area contributed by atoms with E-state index in [1.54, 1.807) is 11.7 Å². The Hall–Kier alpha value is -3.40. The van der Waals surface area contributed by atoms with E-state index in [1.807, 2.05) is 0 Å². The summed E-state index contributed by atoms with van der Waals surface area (Å²) in [7, 11) is 0. The van der Waals surface area contributed by atoms with E-state index in [2.05, 4.69) is 0 Å².